The van der Waals surface area contributed by atoms with Gasteiger partial charge in [-0.15, -0.1) is 0 Å². The van der Waals surface area contributed by atoms with Crippen LogP contribution >= 0.6 is 0 Å². The summed E-state index contributed by atoms with van der Waals surface area (Å²) < 4.78 is 0. The van der Waals surface area contributed by atoms with Crippen LogP contribution in [0.1, 0.15) is 38.2 Å². The van der Waals surface area contributed by atoms with Gasteiger partial charge < -0.3 is 10.6 Å². The van der Waals surface area contributed by atoms with Gasteiger partial charge in [-0.3, -0.25) is 4.79 Å². The van der Waals surface area contributed by atoms with Crippen molar-refractivity contribution in [1.82, 2.24) is 15.3 Å². The molecule has 1 aromatic carbocycles. The third kappa shape index (κ3) is 5.33. The lowest BCUT2D eigenvalue weighted by Crippen LogP contribution is -2.28. The Balaban J connectivity index is 2.31. The maximum absolute atomic E-state index is 12.4. The first-order chi connectivity index (χ1) is 11.5. The summed E-state index contributed by atoms with van der Waals surface area (Å²) in [5.74, 6) is 1.93. The van der Waals surface area contributed by atoms with Crippen molar-refractivity contribution in [2.75, 3.05) is 18.4 Å². The molecule has 0 bridgehead atoms. The number of carbonyl (C=O) groups is 1. The third-order valence-corrected chi connectivity index (χ3v) is 3.35. The molecule has 5 nitrogen and oxygen atoms in total. The molecule has 0 saturated heterocycles. The van der Waals surface area contributed by atoms with Gasteiger partial charge in [-0.1, -0.05) is 58.0 Å². The molecular formula is C19H26N4O. The number of anilines is 1. The predicted octanol–water partition coefficient (Wildman–Crippen LogP) is 3.60. The molecule has 1 heterocycles. The molecule has 0 aliphatic rings. The Hall–Kier alpha value is -2.43. The van der Waals surface area contributed by atoms with Crippen molar-refractivity contribution in [3.05, 3.63) is 42.1 Å². The molecule has 0 saturated carbocycles. The van der Waals surface area contributed by atoms with Crippen molar-refractivity contribution in [2.24, 2.45) is 11.8 Å². The van der Waals surface area contributed by atoms with E-state index in [-0.39, 0.29) is 5.91 Å². The highest BCUT2D eigenvalue weighted by Crippen LogP contribution is 2.18. The molecule has 0 radical (unpaired) electrons. The van der Waals surface area contributed by atoms with Crippen LogP contribution in [-0.2, 0) is 0 Å². The number of nitrogens with one attached hydrogen (secondary N) is 2. The maximum Gasteiger partial charge on any atom is 0.270 e. The summed E-state index contributed by atoms with van der Waals surface area (Å²) in [7, 11) is 0. The second kappa shape index (κ2) is 8.43. The molecule has 0 fully saturated rings. The third-order valence-electron chi connectivity index (χ3n) is 3.35. The van der Waals surface area contributed by atoms with Gasteiger partial charge in [0, 0.05) is 24.7 Å². The van der Waals surface area contributed by atoms with Crippen LogP contribution in [0.3, 0.4) is 0 Å². The molecule has 2 rings (SSSR count). The number of carbonyl (C=O) groups excluding carboxylic acids is 1. The van der Waals surface area contributed by atoms with E-state index >= 15 is 0 Å². The molecule has 1 amide bonds. The number of rotatable bonds is 7. The summed E-state index contributed by atoms with van der Waals surface area (Å²) in [5, 5.41) is 6.20. The summed E-state index contributed by atoms with van der Waals surface area (Å²) in [6, 6.07) is 11.4. The molecule has 0 aliphatic carbocycles. The number of amides is 1. The van der Waals surface area contributed by atoms with E-state index in [4.69, 9.17) is 0 Å². The van der Waals surface area contributed by atoms with Crippen LogP contribution in [0.15, 0.2) is 36.4 Å². The Bertz CT molecular complexity index is 668. The lowest BCUT2D eigenvalue weighted by atomic mass is 10.2. The smallest absolute Gasteiger partial charge is 0.270 e. The molecular weight excluding hydrogens is 300 g/mol. The molecule has 0 aliphatic heterocycles. The number of hydrogen-bond acceptors (Lipinski definition) is 4. The first-order valence-electron chi connectivity index (χ1n) is 8.42. The second-order valence-electron chi connectivity index (χ2n) is 6.71. The number of hydrogen-bond donors (Lipinski definition) is 2. The Kier molecular flexibility index (Phi) is 6.29. The minimum Gasteiger partial charge on any atom is -0.370 e. The van der Waals surface area contributed by atoms with E-state index in [1.54, 1.807) is 6.07 Å². The lowest BCUT2D eigenvalue weighted by Gasteiger charge is -2.12. The van der Waals surface area contributed by atoms with Crippen LogP contribution < -0.4 is 10.6 Å². The Morgan fingerprint density at radius 1 is 1.00 bits per heavy atom. The van der Waals surface area contributed by atoms with Crippen LogP contribution in [0.5, 0.6) is 0 Å². The molecule has 2 N–H and O–H groups in total. The largest absolute Gasteiger partial charge is 0.370 e. The van der Waals surface area contributed by atoms with Crippen molar-refractivity contribution < 1.29 is 4.79 Å². The average Bonchev–Trinajstić information content (AvgIpc) is 2.58. The fourth-order valence-corrected chi connectivity index (χ4v) is 2.07. The highest BCUT2D eigenvalue weighted by Gasteiger charge is 2.13. The highest BCUT2D eigenvalue weighted by molar-refractivity contribution is 5.93. The first kappa shape index (κ1) is 17.9. The summed E-state index contributed by atoms with van der Waals surface area (Å²) in [5.41, 5.74) is 1.28. The molecule has 0 unspecified atom stereocenters. The van der Waals surface area contributed by atoms with Gasteiger partial charge in [-0.05, 0) is 11.8 Å². The van der Waals surface area contributed by atoms with Crippen molar-refractivity contribution in [1.29, 1.82) is 0 Å². The summed E-state index contributed by atoms with van der Waals surface area (Å²) in [6.07, 6.45) is 0. The van der Waals surface area contributed by atoms with Crippen LogP contribution in [0.25, 0.3) is 11.4 Å². The highest BCUT2D eigenvalue weighted by atomic mass is 16.1. The molecule has 5 heteroatoms. The van der Waals surface area contributed by atoms with Crippen molar-refractivity contribution in [3.8, 4) is 11.4 Å². The Morgan fingerprint density at radius 2 is 1.67 bits per heavy atom. The van der Waals surface area contributed by atoms with Crippen molar-refractivity contribution in [3.63, 3.8) is 0 Å². The van der Waals surface area contributed by atoms with Gasteiger partial charge in [-0.2, -0.15) is 0 Å². The normalized spacial score (nSPS) is 10.9. The van der Waals surface area contributed by atoms with Crippen LogP contribution in [0.2, 0.25) is 0 Å². The maximum atomic E-state index is 12.4. The monoisotopic (exact) mass is 326 g/mol. The summed E-state index contributed by atoms with van der Waals surface area (Å²) >= 11 is 0. The van der Waals surface area contributed by atoms with E-state index in [1.807, 2.05) is 30.3 Å². The molecule has 2 aromatic rings. The van der Waals surface area contributed by atoms with Gasteiger partial charge in [-0.25, -0.2) is 9.97 Å². The van der Waals surface area contributed by atoms with Gasteiger partial charge in [0.05, 0.1) is 0 Å². The van der Waals surface area contributed by atoms with Gasteiger partial charge in [0.15, 0.2) is 5.82 Å². The number of nitrogens with zero attached hydrogens (tertiary/aromatic N) is 2. The molecule has 0 atom stereocenters. The van der Waals surface area contributed by atoms with Crippen molar-refractivity contribution >= 4 is 11.7 Å². The molecule has 128 valence electrons. The van der Waals surface area contributed by atoms with E-state index in [1.165, 1.54) is 0 Å². The van der Waals surface area contributed by atoms with Crippen LogP contribution in [-0.4, -0.2) is 29.0 Å². The number of aromatic nitrogens is 2. The Labute approximate surface area is 143 Å². The molecule has 1 aromatic heterocycles. The van der Waals surface area contributed by atoms with Gasteiger partial charge in [0.2, 0.25) is 0 Å². The minimum absolute atomic E-state index is 0.170. The van der Waals surface area contributed by atoms with Crippen LogP contribution in [0, 0.1) is 11.8 Å². The lowest BCUT2D eigenvalue weighted by molar-refractivity contribution is 0.0944. The Morgan fingerprint density at radius 3 is 2.29 bits per heavy atom. The van der Waals surface area contributed by atoms with Crippen LogP contribution in [0.4, 0.5) is 5.82 Å². The van der Waals surface area contributed by atoms with E-state index in [0.717, 1.165) is 12.1 Å². The molecule has 0 spiro atoms. The van der Waals surface area contributed by atoms with Gasteiger partial charge in [0.1, 0.15) is 11.5 Å². The zero-order valence-electron chi connectivity index (χ0n) is 14.8. The van der Waals surface area contributed by atoms with Crippen molar-refractivity contribution in [2.45, 2.75) is 27.7 Å². The fraction of sp³-hybridized carbons (Fsp3) is 0.421. The zero-order chi connectivity index (χ0) is 17.5. The fourth-order valence-electron chi connectivity index (χ4n) is 2.07. The first-order valence-corrected chi connectivity index (χ1v) is 8.42. The minimum atomic E-state index is -0.170. The van der Waals surface area contributed by atoms with E-state index in [2.05, 4.69) is 48.3 Å². The van der Waals surface area contributed by atoms with Gasteiger partial charge in [0.25, 0.3) is 5.91 Å². The van der Waals surface area contributed by atoms with E-state index < -0.39 is 0 Å². The quantitative estimate of drug-likeness (QED) is 0.816. The standard InChI is InChI=1S/C19H26N4O/c1-13(2)11-20-17-10-16(19(24)21-12-14(3)4)22-18(23-17)15-8-6-5-7-9-15/h5-10,13-14H,11-12H2,1-4H3,(H,21,24)(H,20,22,23). The predicted molar refractivity (Wildman–Crippen MR) is 98.0 cm³/mol. The average molecular weight is 326 g/mol. The second-order valence-corrected chi connectivity index (χ2v) is 6.71. The summed E-state index contributed by atoms with van der Waals surface area (Å²) in [6.45, 7) is 9.79. The van der Waals surface area contributed by atoms with E-state index in [0.29, 0.717) is 35.7 Å². The molecule has 24 heavy (non-hydrogen) atoms. The summed E-state index contributed by atoms with van der Waals surface area (Å²) in [4.78, 5) is 21.4. The SMILES string of the molecule is CC(C)CNC(=O)c1cc(NCC(C)C)nc(-c2ccccc2)n1. The topological polar surface area (TPSA) is 66.9 Å². The van der Waals surface area contributed by atoms with E-state index in [9.17, 15) is 4.79 Å². The number of benzene rings is 1. The van der Waals surface area contributed by atoms with Gasteiger partial charge >= 0.3 is 0 Å². The zero-order valence-corrected chi connectivity index (χ0v) is 14.8.